The van der Waals surface area contributed by atoms with E-state index in [2.05, 4.69) is 15.9 Å². The maximum absolute atomic E-state index is 10.8. The minimum absolute atomic E-state index is 0.210. The number of halogens is 1. The number of hydrogen-bond donors (Lipinski definition) is 1. The van der Waals surface area contributed by atoms with E-state index in [4.69, 9.17) is 14.6 Å². The second-order valence-corrected chi connectivity index (χ2v) is 5.12. The van der Waals surface area contributed by atoms with E-state index in [1.807, 2.05) is 0 Å². The molecule has 0 bridgehead atoms. The minimum Gasteiger partial charge on any atom is -0.478 e. The summed E-state index contributed by atoms with van der Waals surface area (Å²) in [6.45, 7) is 1.87. The van der Waals surface area contributed by atoms with Crippen LogP contribution in [0.2, 0.25) is 0 Å². The first-order chi connectivity index (χ1) is 8.66. The number of ether oxygens (including phenoxy) is 2. The van der Waals surface area contributed by atoms with Crippen molar-refractivity contribution < 1.29 is 19.4 Å². The summed E-state index contributed by atoms with van der Waals surface area (Å²) in [4.78, 5) is 10.8. The molecule has 1 atom stereocenters. The lowest BCUT2D eigenvalue weighted by Gasteiger charge is -2.11. The molecule has 1 fully saturated rings. The van der Waals surface area contributed by atoms with E-state index in [1.54, 1.807) is 18.2 Å². The number of carboxylic acids is 1. The molecule has 0 saturated carbocycles. The van der Waals surface area contributed by atoms with Gasteiger partial charge in [-0.15, -0.1) is 0 Å². The standard InChI is InChI=1S/C13H15BrO4/c14-12-6-9(13(15)16)3-4-10(12)7-17-8-11-2-1-5-18-11/h3-4,6,11H,1-2,5,7-8H2,(H,15,16). The van der Waals surface area contributed by atoms with Crippen molar-refractivity contribution in [3.8, 4) is 0 Å². The molecular formula is C13H15BrO4. The molecule has 5 heteroatoms. The molecule has 1 aromatic carbocycles. The Labute approximate surface area is 114 Å². The average Bonchev–Trinajstić information content (AvgIpc) is 2.84. The number of benzene rings is 1. The summed E-state index contributed by atoms with van der Waals surface area (Å²) in [5.74, 6) is -0.928. The summed E-state index contributed by atoms with van der Waals surface area (Å²) in [7, 11) is 0. The topological polar surface area (TPSA) is 55.8 Å². The molecule has 0 spiro atoms. The Kier molecular flexibility index (Phi) is 4.74. The van der Waals surface area contributed by atoms with Gasteiger partial charge in [0.2, 0.25) is 0 Å². The first-order valence-corrected chi connectivity index (χ1v) is 6.67. The van der Waals surface area contributed by atoms with Crippen molar-refractivity contribution >= 4 is 21.9 Å². The van der Waals surface area contributed by atoms with Crippen LogP contribution in [0, 0.1) is 0 Å². The van der Waals surface area contributed by atoms with Crippen molar-refractivity contribution in [3.05, 3.63) is 33.8 Å². The van der Waals surface area contributed by atoms with Crippen molar-refractivity contribution in [3.63, 3.8) is 0 Å². The highest BCUT2D eigenvalue weighted by Gasteiger charge is 2.15. The lowest BCUT2D eigenvalue weighted by atomic mass is 10.1. The van der Waals surface area contributed by atoms with E-state index in [0.717, 1.165) is 29.5 Å². The van der Waals surface area contributed by atoms with E-state index in [-0.39, 0.29) is 11.7 Å². The van der Waals surface area contributed by atoms with Crippen molar-refractivity contribution in [2.45, 2.75) is 25.6 Å². The summed E-state index contributed by atoms with van der Waals surface area (Å²) in [6.07, 6.45) is 2.37. The molecule has 4 nitrogen and oxygen atoms in total. The van der Waals surface area contributed by atoms with Crippen molar-refractivity contribution in [1.82, 2.24) is 0 Å². The van der Waals surface area contributed by atoms with Gasteiger partial charge in [-0.2, -0.15) is 0 Å². The van der Waals surface area contributed by atoms with Crippen LogP contribution in [-0.4, -0.2) is 30.4 Å². The minimum atomic E-state index is -0.928. The molecule has 98 valence electrons. The molecular weight excluding hydrogens is 300 g/mol. The van der Waals surface area contributed by atoms with E-state index < -0.39 is 5.97 Å². The molecule has 1 aliphatic rings. The van der Waals surface area contributed by atoms with Gasteiger partial charge in [-0.3, -0.25) is 0 Å². The van der Waals surface area contributed by atoms with Crippen molar-refractivity contribution in [2.75, 3.05) is 13.2 Å². The SMILES string of the molecule is O=C(O)c1ccc(COCC2CCCO2)c(Br)c1. The molecule has 1 saturated heterocycles. The van der Waals surface area contributed by atoms with Crippen LogP contribution in [0.15, 0.2) is 22.7 Å². The highest BCUT2D eigenvalue weighted by Crippen LogP contribution is 2.20. The second-order valence-electron chi connectivity index (χ2n) is 4.26. The molecule has 18 heavy (non-hydrogen) atoms. The van der Waals surface area contributed by atoms with E-state index in [0.29, 0.717) is 13.2 Å². The van der Waals surface area contributed by atoms with Gasteiger partial charge in [-0.25, -0.2) is 4.79 Å². The lowest BCUT2D eigenvalue weighted by Crippen LogP contribution is -2.14. The second kappa shape index (κ2) is 6.31. The molecule has 0 amide bonds. The zero-order valence-corrected chi connectivity index (χ0v) is 11.5. The van der Waals surface area contributed by atoms with Crippen LogP contribution in [0.25, 0.3) is 0 Å². The first kappa shape index (κ1) is 13.5. The highest BCUT2D eigenvalue weighted by atomic mass is 79.9. The van der Waals surface area contributed by atoms with Crippen molar-refractivity contribution in [2.24, 2.45) is 0 Å². The van der Waals surface area contributed by atoms with Crippen LogP contribution in [0.4, 0.5) is 0 Å². The fourth-order valence-electron chi connectivity index (χ4n) is 1.87. The lowest BCUT2D eigenvalue weighted by molar-refractivity contribution is 0.0104. The Balaban J connectivity index is 1.87. The monoisotopic (exact) mass is 314 g/mol. The maximum atomic E-state index is 10.8. The van der Waals surface area contributed by atoms with Gasteiger partial charge in [0, 0.05) is 11.1 Å². The molecule has 0 radical (unpaired) electrons. The van der Waals surface area contributed by atoms with Crippen LogP contribution >= 0.6 is 15.9 Å². The summed E-state index contributed by atoms with van der Waals surface area (Å²) in [6, 6.07) is 4.94. The van der Waals surface area contributed by atoms with E-state index >= 15 is 0 Å². The summed E-state index contributed by atoms with van der Waals surface area (Å²) < 4.78 is 11.8. The Hall–Kier alpha value is -0.910. The fraction of sp³-hybridized carbons (Fsp3) is 0.462. The van der Waals surface area contributed by atoms with Crippen LogP contribution in [0.3, 0.4) is 0 Å². The van der Waals surface area contributed by atoms with Crippen molar-refractivity contribution in [1.29, 1.82) is 0 Å². The Morgan fingerprint density at radius 2 is 2.39 bits per heavy atom. The predicted molar refractivity (Wildman–Crippen MR) is 69.7 cm³/mol. The first-order valence-electron chi connectivity index (χ1n) is 5.88. The normalized spacial score (nSPS) is 19.1. The van der Waals surface area contributed by atoms with Gasteiger partial charge in [-0.1, -0.05) is 22.0 Å². The molecule has 1 unspecified atom stereocenters. The molecule has 0 aromatic heterocycles. The third-order valence-electron chi connectivity index (χ3n) is 2.89. The predicted octanol–water partition coefficient (Wildman–Crippen LogP) is 2.84. The molecule has 2 rings (SSSR count). The molecule has 1 N–H and O–H groups in total. The number of rotatable bonds is 5. The van der Waals surface area contributed by atoms with E-state index in [9.17, 15) is 4.79 Å². The smallest absolute Gasteiger partial charge is 0.335 e. The van der Waals surface area contributed by atoms with Gasteiger partial charge in [0.15, 0.2) is 0 Å². The molecule has 1 aliphatic heterocycles. The van der Waals surface area contributed by atoms with Gasteiger partial charge in [-0.05, 0) is 30.5 Å². The fourth-order valence-corrected chi connectivity index (χ4v) is 2.37. The van der Waals surface area contributed by atoms with Gasteiger partial charge in [0.25, 0.3) is 0 Å². The number of carbonyl (C=O) groups is 1. The van der Waals surface area contributed by atoms with Gasteiger partial charge in [0.1, 0.15) is 0 Å². The Morgan fingerprint density at radius 3 is 3.00 bits per heavy atom. The van der Waals surface area contributed by atoms with Crippen LogP contribution in [-0.2, 0) is 16.1 Å². The maximum Gasteiger partial charge on any atom is 0.335 e. The number of aromatic carboxylic acids is 1. The average molecular weight is 315 g/mol. The number of carboxylic acid groups (broad SMARTS) is 1. The Bertz CT molecular complexity index is 427. The Morgan fingerprint density at radius 1 is 1.56 bits per heavy atom. The zero-order valence-electron chi connectivity index (χ0n) is 9.89. The van der Waals surface area contributed by atoms with Gasteiger partial charge in [0.05, 0.1) is 24.9 Å². The highest BCUT2D eigenvalue weighted by molar-refractivity contribution is 9.10. The zero-order chi connectivity index (χ0) is 13.0. The van der Waals surface area contributed by atoms with Crippen LogP contribution in [0.1, 0.15) is 28.8 Å². The molecule has 0 aliphatic carbocycles. The van der Waals surface area contributed by atoms with E-state index in [1.165, 1.54) is 0 Å². The summed E-state index contributed by atoms with van der Waals surface area (Å²) >= 11 is 3.35. The molecule has 1 aromatic rings. The van der Waals surface area contributed by atoms with Crippen LogP contribution in [0.5, 0.6) is 0 Å². The third-order valence-corrected chi connectivity index (χ3v) is 3.62. The van der Waals surface area contributed by atoms with Crippen LogP contribution < -0.4 is 0 Å². The van der Waals surface area contributed by atoms with Gasteiger partial charge < -0.3 is 14.6 Å². The third kappa shape index (κ3) is 3.54. The van der Waals surface area contributed by atoms with Gasteiger partial charge >= 0.3 is 5.97 Å². The summed E-state index contributed by atoms with van der Waals surface area (Å²) in [5, 5.41) is 8.85. The summed E-state index contributed by atoms with van der Waals surface area (Å²) in [5.41, 5.74) is 1.21. The quantitative estimate of drug-likeness (QED) is 0.908. The molecule has 1 heterocycles. The number of hydrogen-bond acceptors (Lipinski definition) is 3. The largest absolute Gasteiger partial charge is 0.478 e.